The van der Waals surface area contributed by atoms with E-state index in [-0.39, 0.29) is 35.2 Å². The molecule has 0 spiro atoms. The number of carbonyl (C=O) groups is 2. The Morgan fingerprint density at radius 1 is 1.23 bits per heavy atom. The maximum atomic E-state index is 13.4. The molecule has 0 aliphatic carbocycles. The summed E-state index contributed by atoms with van der Waals surface area (Å²) in [6.45, 7) is 0.156. The normalized spacial score (nSPS) is 16.6. The van der Waals surface area contributed by atoms with Crippen molar-refractivity contribution in [1.29, 1.82) is 0 Å². The van der Waals surface area contributed by atoms with Crippen LogP contribution in [-0.4, -0.2) is 52.1 Å². The van der Waals surface area contributed by atoms with Crippen LogP contribution < -0.4 is 5.73 Å². The number of aromatic nitrogens is 2. The van der Waals surface area contributed by atoms with Crippen LogP contribution in [0.25, 0.3) is 17.0 Å². The standard InChI is InChI=1S/C23H20ClF3N4O3S/c1-34-12-17(28)11-30-21(32)20(35-22(30)33)7-13-2-5-19-15(6-13)9-29-31(19)10-14-3-4-16(24)8-18(14)23(25,26)27/h2-9,17H,10-12,28H2,1H3/t17-/m0/s1. The monoisotopic (exact) mass is 524 g/mol. The lowest BCUT2D eigenvalue weighted by Gasteiger charge is -2.17. The van der Waals surface area contributed by atoms with Gasteiger partial charge < -0.3 is 10.5 Å². The van der Waals surface area contributed by atoms with Crippen LogP contribution in [0.3, 0.4) is 0 Å². The largest absolute Gasteiger partial charge is 0.416 e. The quantitative estimate of drug-likeness (QED) is 0.448. The summed E-state index contributed by atoms with van der Waals surface area (Å²) in [4.78, 5) is 26.3. The molecule has 1 fully saturated rings. The number of thioether (sulfide) groups is 1. The third-order valence-electron chi connectivity index (χ3n) is 5.33. The Balaban J connectivity index is 1.57. The van der Waals surface area contributed by atoms with Crippen molar-refractivity contribution in [2.45, 2.75) is 18.8 Å². The van der Waals surface area contributed by atoms with Gasteiger partial charge in [0.2, 0.25) is 0 Å². The lowest BCUT2D eigenvalue weighted by molar-refractivity contribution is -0.138. The number of amides is 2. The van der Waals surface area contributed by atoms with Crippen molar-refractivity contribution in [2.75, 3.05) is 20.3 Å². The van der Waals surface area contributed by atoms with Crippen LogP contribution in [0, 0.1) is 0 Å². The second-order valence-electron chi connectivity index (χ2n) is 7.93. The molecule has 0 saturated carbocycles. The van der Waals surface area contributed by atoms with Crippen molar-refractivity contribution in [3.63, 3.8) is 0 Å². The van der Waals surface area contributed by atoms with E-state index in [0.717, 1.165) is 22.7 Å². The van der Waals surface area contributed by atoms with Gasteiger partial charge in [0.05, 0.1) is 35.3 Å². The molecule has 1 aliphatic rings. The summed E-state index contributed by atoms with van der Waals surface area (Å²) < 4.78 is 46.8. The fraction of sp³-hybridized carbons (Fsp3) is 0.261. The maximum absolute atomic E-state index is 13.4. The number of carbonyl (C=O) groups excluding carboxylic acids is 2. The van der Waals surface area contributed by atoms with Crippen LogP contribution in [0.2, 0.25) is 5.02 Å². The number of alkyl halides is 3. The van der Waals surface area contributed by atoms with E-state index in [9.17, 15) is 22.8 Å². The lowest BCUT2D eigenvalue weighted by Crippen LogP contribution is -2.42. The molecule has 35 heavy (non-hydrogen) atoms. The highest BCUT2D eigenvalue weighted by atomic mass is 35.5. The molecule has 0 unspecified atom stereocenters. The van der Waals surface area contributed by atoms with Crippen molar-refractivity contribution in [2.24, 2.45) is 5.73 Å². The Labute approximate surface area is 207 Å². The molecule has 2 N–H and O–H groups in total. The number of nitrogens with zero attached hydrogens (tertiary/aromatic N) is 3. The van der Waals surface area contributed by atoms with Gasteiger partial charge in [0, 0.05) is 30.1 Å². The molecular formula is C23H20ClF3N4O3S. The number of hydrogen-bond acceptors (Lipinski definition) is 6. The number of nitrogens with two attached hydrogens (primary N) is 1. The average molecular weight is 525 g/mol. The van der Waals surface area contributed by atoms with Gasteiger partial charge in [0.15, 0.2) is 0 Å². The summed E-state index contributed by atoms with van der Waals surface area (Å²) in [7, 11) is 1.48. The molecule has 1 atom stereocenters. The van der Waals surface area contributed by atoms with Gasteiger partial charge in [-0.05, 0) is 53.2 Å². The third kappa shape index (κ3) is 5.53. The van der Waals surface area contributed by atoms with Crippen LogP contribution in [0.15, 0.2) is 47.5 Å². The highest BCUT2D eigenvalue weighted by molar-refractivity contribution is 8.18. The minimum Gasteiger partial charge on any atom is -0.383 e. The summed E-state index contributed by atoms with van der Waals surface area (Å²) in [6.07, 6.45) is -1.43. The van der Waals surface area contributed by atoms with Gasteiger partial charge in [-0.25, -0.2) is 0 Å². The molecule has 0 radical (unpaired) electrons. The Hall–Kier alpha value is -2.86. The Bertz CT molecular complexity index is 1330. The molecule has 0 bridgehead atoms. The highest BCUT2D eigenvalue weighted by Gasteiger charge is 2.36. The molecule has 2 amide bonds. The molecule has 3 aromatic rings. The van der Waals surface area contributed by atoms with E-state index < -0.39 is 28.9 Å². The summed E-state index contributed by atoms with van der Waals surface area (Å²) in [6, 6.07) is 8.31. The zero-order valence-electron chi connectivity index (χ0n) is 18.4. The molecule has 2 aromatic carbocycles. The number of rotatable bonds is 7. The van der Waals surface area contributed by atoms with E-state index in [1.165, 1.54) is 30.1 Å². The van der Waals surface area contributed by atoms with Crippen LogP contribution in [0.5, 0.6) is 0 Å². The summed E-state index contributed by atoms with van der Waals surface area (Å²) in [5, 5.41) is 4.49. The predicted molar refractivity (Wildman–Crippen MR) is 128 cm³/mol. The molecular weight excluding hydrogens is 505 g/mol. The first-order valence-electron chi connectivity index (χ1n) is 10.4. The Kier molecular flexibility index (Phi) is 7.22. The zero-order valence-corrected chi connectivity index (χ0v) is 20.0. The first-order chi connectivity index (χ1) is 16.6. The SMILES string of the molecule is COC[C@@H](N)CN1C(=O)SC(=Cc2ccc3c(cnn3Cc3ccc(Cl)cc3C(F)(F)F)c2)C1=O. The van der Waals surface area contributed by atoms with E-state index in [4.69, 9.17) is 22.1 Å². The molecule has 184 valence electrons. The van der Waals surface area contributed by atoms with Crippen LogP contribution in [0.1, 0.15) is 16.7 Å². The number of ether oxygens (including phenoxy) is 1. The summed E-state index contributed by atoms with van der Waals surface area (Å²) in [5.41, 5.74) is 6.35. The molecule has 1 aromatic heterocycles. The first-order valence-corrected chi connectivity index (χ1v) is 11.6. The van der Waals surface area contributed by atoms with Crippen molar-refractivity contribution in [3.05, 3.63) is 69.2 Å². The molecule has 4 rings (SSSR count). The molecule has 2 heterocycles. The van der Waals surface area contributed by atoms with Crippen molar-refractivity contribution < 1.29 is 27.5 Å². The topological polar surface area (TPSA) is 90.4 Å². The molecule has 1 saturated heterocycles. The molecule has 12 heteroatoms. The fourth-order valence-electron chi connectivity index (χ4n) is 3.74. The van der Waals surface area contributed by atoms with E-state index in [1.807, 2.05) is 0 Å². The highest BCUT2D eigenvalue weighted by Crippen LogP contribution is 2.35. The van der Waals surface area contributed by atoms with Gasteiger partial charge in [-0.2, -0.15) is 18.3 Å². The number of halogens is 4. The fourth-order valence-corrected chi connectivity index (χ4v) is 4.76. The van der Waals surface area contributed by atoms with Crippen molar-refractivity contribution in [1.82, 2.24) is 14.7 Å². The zero-order chi connectivity index (χ0) is 25.3. The number of imide groups is 1. The van der Waals surface area contributed by atoms with Gasteiger partial charge in [-0.15, -0.1) is 0 Å². The van der Waals surface area contributed by atoms with Crippen molar-refractivity contribution >= 4 is 51.5 Å². The minimum atomic E-state index is -4.55. The second kappa shape index (κ2) is 10.0. The average Bonchev–Trinajstić information content (AvgIpc) is 3.30. The summed E-state index contributed by atoms with van der Waals surface area (Å²) in [5.74, 6) is -0.440. The number of methoxy groups -OCH3 is 1. The number of benzene rings is 2. The minimum absolute atomic E-state index is 0.00105. The first kappa shape index (κ1) is 25.2. The van der Waals surface area contributed by atoms with Gasteiger partial charge in [0.1, 0.15) is 0 Å². The van der Waals surface area contributed by atoms with Crippen LogP contribution in [0.4, 0.5) is 18.0 Å². The Morgan fingerprint density at radius 3 is 2.71 bits per heavy atom. The van der Waals surface area contributed by atoms with E-state index >= 15 is 0 Å². The third-order valence-corrected chi connectivity index (χ3v) is 6.47. The van der Waals surface area contributed by atoms with Gasteiger partial charge >= 0.3 is 6.18 Å². The summed E-state index contributed by atoms with van der Waals surface area (Å²) >= 11 is 6.58. The van der Waals surface area contributed by atoms with E-state index in [0.29, 0.717) is 16.5 Å². The number of fused-ring (bicyclic) bond motifs is 1. The Morgan fingerprint density at radius 2 is 2.00 bits per heavy atom. The van der Waals surface area contributed by atoms with E-state index in [1.54, 1.807) is 24.3 Å². The van der Waals surface area contributed by atoms with Gasteiger partial charge in [-0.1, -0.05) is 23.7 Å². The lowest BCUT2D eigenvalue weighted by atomic mass is 10.1. The van der Waals surface area contributed by atoms with Gasteiger partial charge in [0.25, 0.3) is 11.1 Å². The number of hydrogen-bond donors (Lipinski definition) is 1. The van der Waals surface area contributed by atoms with Crippen LogP contribution >= 0.6 is 23.4 Å². The molecule has 1 aliphatic heterocycles. The maximum Gasteiger partial charge on any atom is 0.416 e. The molecule has 7 nitrogen and oxygen atoms in total. The predicted octanol–water partition coefficient (Wildman–Crippen LogP) is 4.77. The van der Waals surface area contributed by atoms with Gasteiger partial charge in [-0.3, -0.25) is 19.2 Å². The second-order valence-corrected chi connectivity index (χ2v) is 9.36. The van der Waals surface area contributed by atoms with Crippen LogP contribution in [-0.2, 0) is 22.3 Å². The smallest absolute Gasteiger partial charge is 0.383 e. The van der Waals surface area contributed by atoms with E-state index in [2.05, 4.69) is 5.10 Å². The van der Waals surface area contributed by atoms with Crippen molar-refractivity contribution in [3.8, 4) is 0 Å².